The predicted octanol–water partition coefficient (Wildman–Crippen LogP) is 1.21. The molecular formula is C14H18N4O2. The lowest BCUT2D eigenvalue weighted by molar-refractivity contribution is -0.122. The van der Waals surface area contributed by atoms with Gasteiger partial charge in [-0.1, -0.05) is 35.5 Å². The molecule has 1 amide bonds. The molecule has 6 heteroatoms. The summed E-state index contributed by atoms with van der Waals surface area (Å²) in [7, 11) is 0. The minimum atomic E-state index is -0.685. The molecule has 0 aliphatic rings. The number of aliphatic hydroxyl groups is 1. The fourth-order valence-corrected chi connectivity index (χ4v) is 1.84. The maximum absolute atomic E-state index is 11.9. The third-order valence-electron chi connectivity index (χ3n) is 2.97. The SMILES string of the molecule is CC(O)c1cn(CC(=O)NC(C)c2ccccc2)nn1. The molecule has 0 aliphatic carbocycles. The monoisotopic (exact) mass is 274 g/mol. The Hall–Kier alpha value is -2.21. The summed E-state index contributed by atoms with van der Waals surface area (Å²) < 4.78 is 1.41. The smallest absolute Gasteiger partial charge is 0.242 e. The fourth-order valence-electron chi connectivity index (χ4n) is 1.84. The van der Waals surface area contributed by atoms with Gasteiger partial charge < -0.3 is 10.4 Å². The van der Waals surface area contributed by atoms with E-state index in [1.807, 2.05) is 37.3 Å². The molecule has 2 unspecified atom stereocenters. The van der Waals surface area contributed by atoms with Crippen LogP contribution in [0.1, 0.15) is 37.3 Å². The molecule has 106 valence electrons. The van der Waals surface area contributed by atoms with Gasteiger partial charge in [-0.2, -0.15) is 0 Å². The summed E-state index contributed by atoms with van der Waals surface area (Å²) in [5.41, 5.74) is 1.50. The molecule has 0 bridgehead atoms. The van der Waals surface area contributed by atoms with Gasteiger partial charge in [0.1, 0.15) is 12.2 Å². The summed E-state index contributed by atoms with van der Waals surface area (Å²) >= 11 is 0. The molecule has 0 aliphatic heterocycles. The number of hydrogen-bond donors (Lipinski definition) is 2. The first-order chi connectivity index (χ1) is 9.56. The molecule has 0 saturated carbocycles. The number of aliphatic hydroxyl groups excluding tert-OH is 1. The van der Waals surface area contributed by atoms with Crippen molar-refractivity contribution in [1.82, 2.24) is 20.3 Å². The number of amides is 1. The van der Waals surface area contributed by atoms with Gasteiger partial charge in [-0.3, -0.25) is 4.79 Å². The summed E-state index contributed by atoms with van der Waals surface area (Å²) in [6.07, 6.45) is 0.882. The molecule has 0 spiro atoms. The summed E-state index contributed by atoms with van der Waals surface area (Å²) in [5, 5.41) is 19.8. The van der Waals surface area contributed by atoms with Gasteiger partial charge >= 0.3 is 0 Å². The minimum Gasteiger partial charge on any atom is -0.387 e. The van der Waals surface area contributed by atoms with Crippen molar-refractivity contribution in [3.05, 3.63) is 47.8 Å². The van der Waals surface area contributed by atoms with Crippen LogP contribution in [-0.2, 0) is 11.3 Å². The van der Waals surface area contributed by atoms with Crippen molar-refractivity contribution in [2.45, 2.75) is 32.5 Å². The molecule has 1 aromatic carbocycles. The average molecular weight is 274 g/mol. The van der Waals surface area contributed by atoms with Crippen molar-refractivity contribution in [3.63, 3.8) is 0 Å². The number of nitrogens with zero attached hydrogens (tertiary/aromatic N) is 3. The highest BCUT2D eigenvalue weighted by atomic mass is 16.3. The van der Waals surface area contributed by atoms with Crippen LogP contribution in [0.2, 0.25) is 0 Å². The van der Waals surface area contributed by atoms with Crippen LogP contribution >= 0.6 is 0 Å². The van der Waals surface area contributed by atoms with E-state index in [1.54, 1.807) is 13.1 Å². The first-order valence-electron chi connectivity index (χ1n) is 6.48. The third-order valence-corrected chi connectivity index (χ3v) is 2.97. The molecule has 0 saturated heterocycles. The Morgan fingerprint density at radius 2 is 2.05 bits per heavy atom. The van der Waals surface area contributed by atoms with E-state index in [-0.39, 0.29) is 18.5 Å². The molecule has 20 heavy (non-hydrogen) atoms. The molecule has 6 nitrogen and oxygen atoms in total. The highest BCUT2D eigenvalue weighted by Crippen LogP contribution is 2.11. The van der Waals surface area contributed by atoms with Crippen LogP contribution in [0, 0.1) is 0 Å². The summed E-state index contributed by atoms with van der Waals surface area (Å²) in [6.45, 7) is 3.61. The lowest BCUT2D eigenvalue weighted by Crippen LogP contribution is -2.30. The van der Waals surface area contributed by atoms with E-state index < -0.39 is 6.10 Å². The largest absolute Gasteiger partial charge is 0.387 e. The molecule has 1 aromatic heterocycles. The first-order valence-corrected chi connectivity index (χ1v) is 6.48. The van der Waals surface area contributed by atoms with E-state index in [0.29, 0.717) is 5.69 Å². The molecule has 2 N–H and O–H groups in total. The third kappa shape index (κ3) is 3.64. The van der Waals surface area contributed by atoms with E-state index in [9.17, 15) is 9.90 Å². The van der Waals surface area contributed by atoms with Gasteiger partial charge in [-0.05, 0) is 19.4 Å². The second-order valence-electron chi connectivity index (χ2n) is 4.72. The van der Waals surface area contributed by atoms with Crippen molar-refractivity contribution in [2.75, 3.05) is 0 Å². The van der Waals surface area contributed by atoms with Crippen molar-refractivity contribution in [3.8, 4) is 0 Å². The molecular weight excluding hydrogens is 256 g/mol. The molecule has 2 aromatic rings. The Labute approximate surface area is 117 Å². The quantitative estimate of drug-likeness (QED) is 0.858. The summed E-state index contributed by atoms with van der Waals surface area (Å²) in [6, 6.07) is 9.67. The van der Waals surface area contributed by atoms with Gasteiger partial charge in [-0.15, -0.1) is 5.10 Å². The van der Waals surface area contributed by atoms with E-state index in [4.69, 9.17) is 0 Å². The average Bonchev–Trinajstić information content (AvgIpc) is 2.88. The van der Waals surface area contributed by atoms with E-state index in [2.05, 4.69) is 15.6 Å². The maximum Gasteiger partial charge on any atom is 0.242 e. The summed E-state index contributed by atoms with van der Waals surface area (Å²) in [5.74, 6) is -0.150. The number of nitrogens with one attached hydrogen (secondary N) is 1. The van der Waals surface area contributed by atoms with E-state index in [0.717, 1.165) is 5.56 Å². The number of hydrogen-bond acceptors (Lipinski definition) is 4. The summed E-state index contributed by atoms with van der Waals surface area (Å²) in [4.78, 5) is 11.9. The zero-order valence-corrected chi connectivity index (χ0v) is 11.5. The number of carbonyl (C=O) groups is 1. The number of benzene rings is 1. The second kappa shape index (κ2) is 6.29. The van der Waals surface area contributed by atoms with Crippen molar-refractivity contribution in [2.24, 2.45) is 0 Å². The topological polar surface area (TPSA) is 80.0 Å². The molecule has 2 rings (SSSR count). The zero-order valence-electron chi connectivity index (χ0n) is 11.5. The van der Waals surface area contributed by atoms with Crippen LogP contribution in [0.5, 0.6) is 0 Å². The molecule has 2 atom stereocenters. The van der Waals surface area contributed by atoms with Crippen LogP contribution < -0.4 is 5.32 Å². The van der Waals surface area contributed by atoms with Gasteiger partial charge in [0.25, 0.3) is 0 Å². The zero-order chi connectivity index (χ0) is 14.5. The van der Waals surface area contributed by atoms with Crippen molar-refractivity contribution in [1.29, 1.82) is 0 Å². The Kier molecular flexibility index (Phi) is 4.47. The van der Waals surface area contributed by atoms with Crippen molar-refractivity contribution < 1.29 is 9.90 Å². The second-order valence-corrected chi connectivity index (χ2v) is 4.72. The predicted molar refractivity (Wildman–Crippen MR) is 73.7 cm³/mol. The van der Waals surface area contributed by atoms with E-state index >= 15 is 0 Å². The molecule has 1 heterocycles. The Bertz CT molecular complexity index is 566. The maximum atomic E-state index is 11.9. The number of carbonyl (C=O) groups excluding carboxylic acids is 1. The highest BCUT2D eigenvalue weighted by Gasteiger charge is 2.12. The van der Waals surface area contributed by atoms with Gasteiger partial charge in [0.05, 0.1) is 18.3 Å². The van der Waals surface area contributed by atoms with E-state index in [1.165, 1.54) is 4.68 Å². The minimum absolute atomic E-state index is 0.0662. The number of rotatable bonds is 5. The normalized spacial score (nSPS) is 13.8. The van der Waals surface area contributed by atoms with Crippen LogP contribution in [0.15, 0.2) is 36.5 Å². The fraction of sp³-hybridized carbons (Fsp3) is 0.357. The Morgan fingerprint density at radius 1 is 1.35 bits per heavy atom. The van der Waals surface area contributed by atoms with Crippen LogP contribution in [-0.4, -0.2) is 26.0 Å². The first kappa shape index (κ1) is 14.2. The molecule has 0 radical (unpaired) electrons. The number of aromatic nitrogens is 3. The van der Waals surface area contributed by atoms with Crippen LogP contribution in [0.3, 0.4) is 0 Å². The Balaban J connectivity index is 1.92. The van der Waals surface area contributed by atoms with Gasteiger partial charge in [0.15, 0.2) is 0 Å². The van der Waals surface area contributed by atoms with Crippen molar-refractivity contribution >= 4 is 5.91 Å². The lowest BCUT2D eigenvalue weighted by atomic mass is 10.1. The Morgan fingerprint density at radius 3 is 2.65 bits per heavy atom. The lowest BCUT2D eigenvalue weighted by Gasteiger charge is -2.14. The van der Waals surface area contributed by atoms with Gasteiger partial charge in [0, 0.05) is 0 Å². The van der Waals surface area contributed by atoms with Crippen LogP contribution in [0.25, 0.3) is 0 Å². The molecule has 0 fully saturated rings. The standard InChI is InChI=1S/C14H18N4O2/c1-10(12-6-4-3-5-7-12)15-14(20)9-18-8-13(11(2)19)16-17-18/h3-8,10-11,19H,9H2,1-2H3,(H,15,20). The van der Waals surface area contributed by atoms with Gasteiger partial charge in [0.2, 0.25) is 5.91 Å². The highest BCUT2D eigenvalue weighted by molar-refractivity contribution is 5.76. The van der Waals surface area contributed by atoms with Crippen LogP contribution in [0.4, 0.5) is 0 Å². The van der Waals surface area contributed by atoms with Gasteiger partial charge in [-0.25, -0.2) is 4.68 Å².